The zero-order valence-corrected chi connectivity index (χ0v) is 7.68. The van der Waals surface area contributed by atoms with E-state index in [-0.39, 0.29) is 5.91 Å². The van der Waals surface area contributed by atoms with Crippen molar-refractivity contribution < 1.29 is 4.79 Å². The van der Waals surface area contributed by atoms with Gasteiger partial charge in [-0.1, -0.05) is 13.3 Å². The maximum absolute atomic E-state index is 10.6. The van der Waals surface area contributed by atoms with Gasteiger partial charge in [0.15, 0.2) is 0 Å². The second kappa shape index (κ2) is 3.44. The lowest BCUT2D eigenvalue weighted by Gasteiger charge is -2.09. The Morgan fingerprint density at radius 1 is 1.58 bits per heavy atom. The van der Waals surface area contributed by atoms with Crippen molar-refractivity contribution in [1.82, 2.24) is 0 Å². The van der Waals surface area contributed by atoms with E-state index in [1.54, 1.807) is 0 Å². The van der Waals surface area contributed by atoms with Gasteiger partial charge in [-0.2, -0.15) is 0 Å². The first kappa shape index (κ1) is 9.52. The van der Waals surface area contributed by atoms with Crippen LogP contribution in [0.2, 0.25) is 0 Å². The molecule has 0 aromatic carbocycles. The Hall–Kier alpha value is -0.570. The van der Waals surface area contributed by atoms with Gasteiger partial charge in [-0.05, 0) is 31.1 Å². The predicted octanol–water partition coefficient (Wildman–Crippen LogP) is 0.769. The quantitative estimate of drug-likeness (QED) is 0.640. The maximum atomic E-state index is 10.6. The molecule has 0 aliphatic heterocycles. The number of carbonyl (C=O) groups excluding carboxylic acids is 1. The molecule has 1 atom stereocenters. The lowest BCUT2D eigenvalue weighted by molar-refractivity contribution is -0.119. The van der Waals surface area contributed by atoms with Crippen LogP contribution in [0, 0.1) is 5.41 Å². The Bertz CT molecular complexity index is 175. The minimum atomic E-state index is -0.438. The summed E-state index contributed by atoms with van der Waals surface area (Å²) in [6.45, 7) is 2.28. The summed E-state index contributed by atoms with van der Waals surface area (Å²) in [5.74, 6) is -0.379. The molecule has 1 rings (SSSR count). The summed E-state index contributed by atoms with van der Waals surface area (Å²) in [6, 6.07) is -0.438. The molecule has 3 nitrogen and oxygen atoms in total. The van der Waals surface area contributed by atoms with Crippen molar-refractivity contribution in [3.63, 3.8) is 0 Å². The van der Waals surface area contributed by atoms with Gasteiger partial charge >= 0.3 is 0 Å². The van der Waals surface area contributed by atoms with Gasteiger partial charge in [-0.25, -0.2) is 0 Å². The molecule has 0 spiro atoms. The van der Waals surface area contributed by atoms with E-state index in [9.17, 15) is 4.79 Å². The third-order valence-electron chi connectivity index (χ3n) is 2.76. The molecule has 1 aliphatic carbocycles. The molecule has 1 fully saturated rings. The van der Waals surface area contributed by atoms with Gasteiger partial charge in [0.2, 0.25) is 5.91 Å². The molecule has 0 heterocycles. The van der Waals surface area contributed by atoms with Crippen LogP contribution in [0.15, 0.2) is 0 Å². The zero-order valence-electron chi connectivity index (χ0n) is 7.68. The van der Waals surface area contributed by atoms with E-state index in [0.29, 0.717) is 5.41 Å². The van der Waals surface area contributed by atoms with E-state index in [1.807, 2.05) is 0 Å². The standard InChI is InChI=1S/C9H18N2O/c1-9(5-6-9)4-2-3-7(10)8(11)12/h7H,2-6,10H2,1H3,(H2,11,12). The van der Waals surface area contributed by atoms with Crippen LogP contribution in [0.4, 0.5) is 0 Å². The van der Waals surface area contributed by atoms with E-state index in [1.165, 1.54) is 19.3 Å². The van der Waals surface area contributed by atoms with Gasteiger partial charge < -0.3 is 11.5 Å². The molecule has 4 N–H and O–H groups in total. The van der Waals surface area contributed by atoms with Crippen LogP contribution < -0.4 is 11.5 Å². The Morgan fingerprint density at radius 2 is 2.17 bits per heavy atom. The van der Waals surface area contributed by atoms with Crippen LogP contribution in [-0.2, 0) is 4.79 Å². The van der Waals surface area contributed by atoms with Crippen LogP contribution in [0.1, 0.15) is 39.0 Å². The fourth-order valence-corrected chi connectivity index (χ4v) is 1.35. The molecule has 3 heteroatoms. The number of hydrogen-bond donors (Lipinski definition) is 2. The van der Waals surface area contributed by atoms with Crippen LogP contribution >= 0.6 is 0 Å². The molecule has 1 aliphatic rings. The van der Waals surface area contributed by atoms with Gasteiger partial charge in [0, 0.05) is 0 Å². The fourth-order valence-electron chi connectivity index (χ4n) is 1.35. The Labute approximate surface area is 73.5 Å². The molecule has 0 radical (unpaired) electrons. The summed E-state index contributed by atoms with van der Waals surface area (Å²) < 4.78 is 0. The summed E-state index contributed by atoms with van der Waals surface area (Å²) in [4.78, 5) is 10.6. The summed E-state index contributed by atoms with van der Waals surface area (Å²) in [5.41, 5.74) is 11.1. The molecule has 1 saturated carbocycles. The molecular formula is C9H18N2O. The Kier molecular flexibility index (Phi) is 2.73. The number of hydrogen-bond acceptors (Lipinski definition) is 2. The monoisotopic (exact) mass is 170 g/mol. The molecule has 0 saturated heterocycles. The first-order valence-corrected chi connectivity index (χ1v) is 4.58. The highest BCUT2D eigenvalue weighted by atomic mass is 16.1. The molecule has 0 bridgehead atoms. The smallest absolute Gasteiger partial charge is 0.234 e. The molecule has 70 valence electrons. The average Bonchev–Trinajstić information content (AvgIpc) is 2.68. The summed E-state index contributed by atoms with van der Waals surface area (Å²) in [6.07, 6.45) is 5.62. The first-order chi connectivity index (χ1) is 5.53. The highest BCUT2D eigenvalue weighted by molar-refractivity contribution is 5.79. The van der Waals surface area contributed by atoms with Crippen molar-refractivity contribution >= 4 is 5.91 Å². The summed E-state index contributed by atoms with van der Waals surface area (Å²) >= 11 is 0. The Morgan fingerprint density at radius 3 is 2.58 bits per heavy atom. The van der Waals surface area contributed by atoms with E-state index < -0.39 is 6.04 Å². The molecule has 12 heavy (non-hydrogen) atoms. The van der Waals surface area contributed by atoms with Crippen molar-refractivity contribution in [2.45, 2.75) is 45.1 Å². The first-order valence-electron chi connectivity index (χ1n) is 4.58. The minimum absolute atomic E-state index is 0.379. The highest BCUT2D eigenvalue weighted by Gasteiger charge is 2.36. The molecule has 0 aromatic heterocycles. The number of primary amides is 1. The molecular weight excluding hydrogens is 152 g/mol. The third-order valence-corrected chi connectivity index (χ3v) is 2.76. The van der Waals surface area contributed by atoms with Crippen molar-refractivity contribution in [1.29, 1.82) is 0 Å². The number of nitrogens with two attached hydrogens (primary N) is 2. The largest absolute Gasteiger partial charge is 0.368 e. The van der Waals surface area contributed by atoms with Crippen LogP contribution in [-0.4, -0.2) is 11.9 Å². The predicted molar refractivity (Wildman–Crippen MR) is 48.4 cm³/mol. The lowest BCUT2D eigenvalue weighted by atomic mass is 9.99. The van der Waals surface area contributed by atoms with E-state index in [0.717, 1.165) is 12.8 Å². The fraction of sp³-hybridized carbons (Fsp3) is 0.889. The molecule has 0 aromatic rings. The van der Waals surface area contributed by atoms with Crippen molar-refractivity contribution in [3.05, 3.63) is 0 Å². The molecule has 1 amide bonds. The van der Waals surface area contributed by atoms with E-state index in [4.69, 9.17) is 11.5 Å². The lowest BCUT2D eigenvalue weighted by Crippen LogP contribution is -2.36. The third kappa shape index (κ3) is 2.81. The number of amides is 1. The highest BCUT2D eigenvalue weighted by Crippen LogP contribution is 2.49. The van der Waals surface area contributed by atoms with Gasteiger partial charge in [0.05, 0.1) is 6.04 Å². The summed E-state index contributed by atoms with van der Waals surface area (Å²) in [5, 5.41) is 0. The van der Waals surface area contributed by atoms with Crippen LogP contribution in [0.5, 0.6) is 0 Å². The normalized spacial score (nSPS) is 21.8. The van der Waals surface area contributed by atoms with Crippen LogP contribution in [0.3, 0.4) is 0 Å². The van der Waals surface area contributed by atoms with Gasteiger partial charge in [0.25, 0.3) is 0 Å². The Balaban J connectivity index is 2.05. The topological polar surface area (TPSA) is 69.1 Å². The van der Waals surface area contributed by atoms with E-state index >= 15 is 0 Å². The van der Waals surface area contributed by atoms with Gasteiger partial charge in [0.1, 0.15) is 0 Å². The molecule has 1 unspecified atom stereocenters. The maximum Gasteiger partial charge on any atom is 0.234 e. The second-order valence-corrected chi connectivity index (χ2v) is 4.21. The van der Waals surface area contributed by atoms with Crippen molar-refractivity contribution in [2.75, 3.05) is 0 Å². The zero-order chi connectivity index (χ0) is 9.19. The van der Waals surface area contributed by atoms with E-state index in [2.05, 4.69) is 6.92 Å². The second-order valence-electron chi connectivity index (χ2n) is 4.21. The minimum Gasteiger partial charge on any atom is -0.368 e. The average molecular weight is 170 g/mol. The van der Waals surface area contributed by atoms with Gasteiger partial charge in [-0.15, -0.1) is 0 Å². The van der Waals surface area contributed by atoms with Crippen molar-refractivity contribution in [2.24, 2.45) is 16.9 Å². The van der Waals surface area contributed by atoms with Crippen LogP contribution in [0.25, 0.3) is 0 Å². The summed E-state index contributed by atoms with van der Waals surface area (Å²) in [7, 11) is 0. The number of rotatable bonds is 5. The number of carbonyl (C=O) groups is 1. The van der Waals surface area contributed by atoms with Gasteiger partial charge in [-0.3, -0.25) is 4.79 Å². The van der Waals surface area contributed by atoms with Crippen molar-refractivity contribution in [3.8, 4) is 0 Å². The SMILES string of the molecule is CC1(CCCC(N)C(N)=O)CC1.